The van der Waals surface area contributed by atoms with Crippen molar-refractivity contribution in [3.63, 3.8) is 0 Å². The predicted molar refractivity (Wildman–Crippen MR) is 113 cm³/mol. The first-order chi connectivity index (χ1) is 13.7. The van der Waals surface area contributed by atoms with Crippen LogP contribution in [0.4, 0.5) is 10.5 Å². The maximum absolute atomic E-state index is 12.7. The summed E-state index contributed by atoms with van der Waals surface area (Å²) in [5, 5.41) is 0. The van der Waals surface area contributed by atoms with E-state index in [0.717, 1.165) is 16.3 Å². The Morgan fingerprint density at radius 2 is 1.55 bits per heavy atom. The van der Waals surface area contributed by atoms with Gasteiger partial charge in [-0.3, -0.25) is 9.59 Å². The van der Waals surface area contributed by atoms with Gasteiger partial charge in [-0.25, -0.2) is 4.79 Å². The van der Waals surface area contributed by atoms with Crippen LogP contribution in [0.3, 0.4) is 0 Å². The Balaban J connectivity index is 1.46. The third kappa shape index (κ3) is 5.65. The summed E-state index contributed by atoms with van der Waals surface area (Å²) in [6, 6.07) is 7.88. The number of rotatable bonds is 3. The summed E-state index contributed by atoms with van der Waals surface area (Å²) in [4.78, 5) is 43.6. The predicted octanol–water partition coefficient (Wildman–Crippen LogP) is 2.98. The molecule has 3 amide bonds. The molecule has 1 fully saturated rings. The first kappa shape index (κ1) is 21.5. The molecule has 1 aromatic carbocycles. The van der Waals surface area contributed by atoms with Crippen molar-refractivity contribution in [1.82, 2.24) is 9.80 Å². The van der Waals surface area contributed by atoms with Gasteiger partial charge in [0.15, 0.2) is 0 Å². The average molecular weight is 420 g/mol. The number of carbonyl (C=O) groups excluding carboxylic acids is 3. The molecule has 3 rings (SSSR count). The maximum atomic E-state index is 12.7. The van der Waals surface area contributed by atoms with Crippen molar-refractivity contribution >= 4 is 35.4 Å². The van der Waals surface area contributed by atoms with E-state index in [1.807, 2.05) is 45.0 Å². The summed E-state index contributed by atoms with van der Waals surface area (Å²) >= 11 is 1.75. The number of fused-ring (bicyclic) bond motifs is 1. The molecule has 0 aliphatic carbocycles. The highest BCUT2D eigenvalue weighted by molar-refractivity contribution is 7.99. The van der Waals surface area contributed by atoms with Crippen LogP contribution in [0, 0.1) is 0 Å². The van der Waals surface area contributed by atoms with Crippen LogP contribution >= 0.6 is 11.8 Å². The third-order valence-corrected chi connectivity index (χ3v) is 5.91. The lowest BCUT2D eigenvalue weighted by atomic mass is 10.2. The Morgan fingerprint density at radius 3 is 2.24 bits per heavy atom. The normalized spacial score (nSPS) is 17.0. The summed E-state index contributed by atoms with van der Waals surface area (Å²) in [5.41, 5.74) is 0.405. The standard InChI is InChI=1S/C21H29N3O4S/c1-21(2,3)28-20(27)23-12-10-22(11-13-23)18(25)8-9-19(26)24-14-15-29-17-7-5-4-6-16(17)24/h4-7H,8-15H2,1-3H3. The number of benzene rings is 1. The lowest BCUT2D eigenvalue weighted by Gasteiger charge is -2.35. The van der Waals surface area contributed by atoms with Crippen molar-refractivity contribution in [1.29, 1.82) is 0 Å². The number of anilines is 1. The molecule has 2 aliphatic rings. The van der Waals surface area contributed by atoms with Crippen LogP contribution in [0.2, 0.25) is 0 Å². The summed E-state index contributed by atoms with van der Waals surface area (Å²) < 4.78 is 5.38. The molecule has 0 unspecified atom stereocenters. The highest BCUT2D eigenvalue weighted by Crippen LogP contribution is 2.34. The quantitative estimate of drug-likeness (QED) is 0.753. The molecule has 158 valence electrons. The largest absolute Gasteiger partial charge is 0.444 e. The Morgan fingerprint density at radius 1 is 0.931 bits per heavy atom. The molecule has 0 spiro atoms. The molecule has 8 heteroatoms. The second-order valence-electron chi connectivity index (χ2n) is 8.21. The first-order valence-electron chi connectivity index (χ1n) is 10.0. The van der Waals surface area contributed by atoms with Gasteiger partial charge in [-0.2, -0.15) is 0 Å². The average Bonchev–Trinajstić information content (AvgIpc) is 2.70. The minimum absolute atomic E-state index is 0.0153. The van der Waals surface area contributed by atoms with Crippen LogP contribution in [0.25, 0.3) is 0 Å². The number of para-hydroxylation sites is 1. The summed E-state index contributed by atoms with van der Waals surface area (Å²) in [6.45, 7) is 8.01. The van der Waals surface area contributed by atoms with Crippen LogP contribution in [-0.2, 0) is 14.3 Å². The van der Waals surface area contributed by atoms with Crippen LogP contribution in [0.5, 0.6) is 0 Å². The highest BCUT2D eigenvalue weighted by Gasteiger charge is 2.28. The molecule has 0 N–H and O–H groups in total. The topological polar surface area (TPSA) is 70.2 Å². The van der Waals surface area contributed by atoms with Gasteiger partial charge in [-0.15, -0.1) is 11.8 Å². The fourth-order valence-corrected chi connectivity index (χ4v) is 4.40. The molecule has 0 bridgehead atoms. The van der Waals surface area contributed by atoms with E-state index in [2.05, 4.69) is 0 Å². The van der Waals surface area contributed by atoms with Crippen molar-refractivity contribution in [3.8, 4) is 0 Å². The van der Waals surface area contributed by atoms with Gasteiger partial charge in [0.25, 0.3) is 0 Å². The fraction of sp³-hybridized carbons (Fsp3) is 0.571. The van der Waals surface area contributed by atoms with E-state index < -0.39 is 5.60 Å². The number of piperazine rings is 1. The van der Waals surface area contributed by atoms with Crippen molar-refractivity contribution in [2.24, 2.45) is 0 Å². The zero-order valence-electron chi connectivity index (χ0n) is 17.3. The Bertz CT molecular complexity index is 769. The van der Waals surface area contributed by atoms with Gasteiger partial charge in [0.05, 0.1) is 5.69 Å². The van der Waals surface area contributed by atoms with Crippen LogP contribution in [0.1, 0.15) is 33.6 Å². The molecule has 7 nitrogen and oxygen atoms in total. The van der Waals surface area contributed by atoms with E-state index in [9.17, 15) is 14.4 Å². The maximum Gasteiger partial charge on any atom is 0.410 e. The highest BCUT2D eigenvalue weighted by atomic mass is 32.2. The number of hydrogen-bond donors (Lipinski definition) is 0. The van der Waals surface area contributed by atoms with Gasteiger partial charge >= 0.3 is 6.09 Å². The fourth-order valence-electron chi connectivity index (χ4n) is 3.40. The van der Waals surface area contributed by atoms with Gasteiger partial charge in [-0.05, 0) is 32.9 Å². The van der Waals surface area contributed by atoms with Crippen LogP contribution in [0.15, 0.2) is 29.2 Å². The molecular formula is C21H29N3O4S. The van der Waals surface area contributed by atoms with Crippen LogP contribution < -0.4 is 4.90 Å². The van der Waals surface area contributed by atoms with Crippen molar-refractivity contribution in [3.05, 3.63) is 24.3 Å². The van der Waals surface area contributed by atoms with Gasteiger partial charge in [0.2, 0.25) is 11.8 Å². The van der Waals surface area contributed by atoms with Gasteiger partial charge in [-0.1, -0.05) is 12.1 Å². The number of amides is 3. The van der Waals surface area contributed by atoms with Gasteiger partial charge < -0.3 is 19.4 Å². The minimum Gasteiger partial charge on any atom is -0.444 e. The Labute approximate surface area is 176 Å². The SMILES string of the molecule is CC(C)(C)OC(=O)N1CCN(C(=O)CCC(=O)N2CCSc3ccccc32)CC1. The molecule has 29 heavy (non-hydrogen) atoms. The second kappa shape index (κ2) is 9.07. The molecule has 1 saturated heterocycles. The van der Waals surface area contributed by atoms with E-state index in [-0.39, 0.29) is 30.7 Å². The monoisotopic (exact) mass is 419 g/mol. The summed E-state index contributed by atoms with van der Waals surface area (Å²) in [5.74, 6) is 0.809. The number of hydrogen-bond acceptors (Lipinski definition) is 5. The minimum atomic E-state index is -0.532. The van der Waals surface area contributed by atoms with Gasteiger partial charge in [0.1, 0.15) is 5.60 Å². The molecule has 2 aliphatic heterocycles. The number of thioether (sulfide) groups is 1. The van der Waals surface area contributed by atoms with Crippen molar-refractivity contribution in [2.75, 3.05) is 43.4 Å². The molecule has 0 aromatic heterocycles. The molecular weight excluding hydrogens is 390 g/mol. The molecule has 1 aromatic rings. The lowest BCUT2D eigenvalue weighted by molar-refractivity contribution is -0.134. The smallest absolute Gasteiger partial charge is 0.410 e. The zero-order valence-corrected chi connectivity index (χ0v) is 18.2. The second-order valence-corrected chi connectivity index (χ2v) is 9.35. The zero-order chi connectivity index (χ0) is 21.0. The summed E-state index contributed by atoms with van der Waals surface area (Å²) in [6.07, 6.45) is 0.0442. The van der Waals surface area contributed by atoms with E-state index in [4.69, 9.17) is 4.74 Å². The van der Waals surface area contributed by atoms with Gasteiger partial charge in [0, 0.05) is 56.2 Å². The van der Waals surface area contributed by atoms with Crippen LogP contribution in [-0.4, -0.2) is 71.8 Å². The van der Waals surface area contributed by atoms with E-state index in [0.29, 0.717) is 32.7 Å². The Hall–Kier alpha value is -2.22. The molecule has 0 radical (unpaired) electrons. The first-order valence-corrected chi connectivity index (χ1v) is 11.0. The number of ether oxygens (including phenoxy) is 1. The van der Waals surface area contributed by atoms with Crippen molar-refractivity contribution in [2.45, 2.75) is 44.1 Å². The van der Waals surface area contributed by atoms with E-state index in [1.165, 1.54) is 0 Å². The Kier molecular flexibility index (Phi) is 6.72. The molecule has 0 atom stereocenters. The van der Waals surface area contributed by atoms with Crippen molar-refractivity contribution < 1.29 is 19.1 Å². The molecule has 0 saturated carbocycles. The number of nitrogens with zero attached hydrogens (tertiary/aromatic N) is 3. The number of carbonyl (C=O) groups is 3. The van der Waals surface area contributed by atoms with E-state index >= 15 is 0 Å². The summed E-state index contributed by atoms with van der Waals surface area (Å²) in [7, 11) is 0. The lowest BCUT2D eigenvalue weighted by Crippen LogP contribution is -2.51. The van der Waals surface area contributed by atoms with E-state index in [1.54, 1.807) is 26.5 Å². The third-order valence-electron chi connectivity index (χ3n) is 4.87. The molecule has 2 heterocycles.